The maximum atomic E-state index is 11.4. The molecule has 2 N–H and O–H groups in total. The molecule has 1 aromatic rings. The second-order valence-corrected chi connectivity index (χ2v) is 5.28. The SMILES string of the molecule is COCC(=O)Nc1ccc(NC2CCN(C)CC2)cc1. The zero-order chi connectivity index (χ0) is 14.4. The van der Waals surface area contributed by atoms with Gasteiger partial charge in [-0.1, -0.05) is 0 Å². The van der Waals surface area contributed by atoms with Crippen molar-refractivity contribution < 1.29 is 9.53 Å². The van der Waals surface area contributed by atoms with Crippen LogP contribution in [0.15, 0.2) is 24.3 Å². The van der Waals surface area contributed by atoms with Crippen molar-refractivity contribution in [3.05, 3.63) is 24.3 Å². The van der Waals surface area contributed by atoms with Crippen LogP contribution in [0.3, 0.4) is 0 Å². The van der Waals surface area contributed by atoms with Gasteiger partial charge in [-0.05, 0) is 57.2 Å². The lowest BCUT2D eigenvalue weighted by Crippen LogP contribution is -2.36. The normalized spacial score (nSPS) is 16.9. The quantitative estimate of drug-likeness (QED) is 0.861. The highest BCUT2D eigenvalue weighted by Gasteiger charge is 2.16. The van der Waals surface area contributed by atoms with Gasteiger partial charge in [-0.3, -0.25) is 4.79 Å². The summed E-state index contributed by atoms with van der Waals surface area (Å²) in [6, 6.07) is 8.36. The van der Waals surface area contributed by atoms with E-state index < -0.39 is 0 Å². The number of nitrogens with zero attached hydrogens (tertiary/aromatic N) is 1. The molecule has 0 aliphatic carbocycles. The van der Waals surface area contributed by atoms with Crippen molar-refractivity contribution >= 4 is 17.3 Å². The summed E-state index contributed by atoms with van der Waals surface area (Å²) in [5, 5.41) is 6.32. The maximum Gasteiger partial charge on any atom is 0.250 e. The zero-order valence-corrected chi connectivity index (χ0v) is 12.2. The molecule has 0 spiro atoms. The van der Waals surface area contributed by atoms with Crippen LogP contribution in [-0.4, -0.2) is 50.7 Å². The molecule has 2 rings (SSSR count). The molecule has 1 saturated heterocycles. The Morgan fingerprint density at radius 1 is 1.25 bits per heavy atom. The van der Waals surface area contributed by atoms with Crippen molar-refractivity contribution in [1.29, 1.82) is 0 Å². The molecular formula is C15H23N3O2. The third-order valence-electron chi connectivity index (χ3n) is 3.53. The minimum atomic E-state index is -0.136. The number of piperidine rings is 1. The van der Waals surface area contributed by atoms with Gasteiger partial charge in [-0.2, -0.15) is 0 Å². The van der Waals surface area contributed by atoms with Crippen LogP contribution < -0.4 is 10.6 Å². The van der Waals surface area contributed by atoms with Crippen LogP contribution in [0.25, 0.3) is 0 Å². The molecule has 0 unspecified atom stereocenters. The topological polar surface area (TPSA) is 53.6 Å². The molecular weight excluding hydrogens is 254 g/mol. The first-order valence-corrected chi connectivity index (χ1v) is 7.01. The smallest absolute Gasteiger partial charge is 0.250 e. The van der Waals surface area contributed by atoms with Crippen molar-refractivity contribution in [2.75, 3.05) is 44.5 Å². The Labute approximate surface area is 120 Å². The average Bonchev–Trinajstić information content (AvgIpc) is 2.44. The van der Waals surface area contributed by atoms with Gasteiger partial charge in [0, 0.05) is 24.5 Å². The molecule has 0 saturated carbocycles. The first-order valence-electron chi connectivity index (χ1n) is 7.01. The van der Waals surface area contributed by atoms with Crippen molar-refractivity contribution in [3.8, 4) is 0 Å². The average molecular weight is 277 g/mol. The summed E-state index contributed by atoms with van der Waals surface area (Å²) < 4.78 is 4.78. The van der Waals surface area contributed by atoms with Crippen molar-refractivity contribution in [1.82, 2.24) is 4.90 Å². The number of nitrogens with one attached hydrogen (secondary N) is 2. The summed E-state index contributed by atoms with van der Waals surface area (Å²) in [5.74, 6) is -0.136. The van der Waals surface area contributed by atoms with Crippen LogP contribution in [0.2, 0.25) is 0 Å². The molecule has 110 valence electrons. The Morgan fingerprint density at radius 2 is 1.85 bits per heavy atom. The van der Waals surface area contributed by atoms with Gasteiger partial charge in [0.15, 0.2) is 0 Å². The second-order valence-electron chi connectivity index (χ2n) is 5.28. The summed E-state index contributed by atoms with van der Waals surface area (Å²) in [7, 11) is 3.67. The van der Waals surface area contributed by atoms with Crippen LogP contribution in [-0.2, 0) is 9.53 Å². The van der Waals surface area contributed by atoms with Gasteiger partial charge in [0.2, 0.25) is 5.91 Å². The molecule has 1 amide bonds. The molecule has 0 radical (unpaired) electrons. The summed E-state index contributed by atoms with van der Waals surface area (Å²) in [5.41, 5.74) is 1.89. The number of rotatable bonds is 5. The number of hydrogen-bond acceptors (Lipinski definition) is 4. The van der Waals surface area contributed by atoms with E-state index in [1.54, 1.807) is 0 Å². The predicted octanol–water partition coefficient (Wildman–Crippen LogP) is 1.78. The number of amides is 1. The number of anilines is 2. The molecule has 1 heterocycles. The lowest BCUT2D eigenvalue weighted by Gasteiger charge is -2.30. The predicted molar refractivity (Wildman–Crippen MR) is 81.1 cm³/mol. The molecule has 5 nitrogen and oxygen atoms in total. The minimum absolute atomic E-state index is 0.0790. The van der Waals surface area contributed by atoms with Crippen LogP contribution in [0.1, 0.15) is 12.8 Å². The van der Waals surface area contributed by atoms with Crippen LogP contribution in [0, 0.1) is 0 Å². The van der Waals surface area contributed by atoms with Crippen LogP contribution in [0.5, 0.6) is 0 Å². The van der Waals surface area contributed by atoms with E-state index in [4.69, 9.17) is 4.74 Å². The Bertz CT molecular complexity index is 425. The summed E-state index contributed by atoms with van der Waals surface area (Å²) in [6.45, 7) is 2.36. The highest BCUT2D eigenvalue weighted by Crippen LogP contribution is 2.18. The van der Waals surface area contributed by atoms with E-state index in [1.165, 1.54) is 20.0 Å². The van der Waals surface area contributed by atoms with Gasteiger partial charge in [-0.25, -0.2) is 0 Å². The molecule has 1 aromatic carbocycles. The van der Waals surface area contributed by atoms with Gasteiger partial charge in [0.05, 0.1) is 0 Å². The molecule has 20 heavy (non-hydrogen) atoms. The van der Waals surface area contributed by atoms with E-state index in [2.05, 4.69) is 22.6 Å². The Kier molecular flexibility index (Phi) is 5.38. The van der Waals surface area contributed by atoms with Crippen LogP contribution in [0.4, 0.5) is 11.4 Å². The lowest BCUT2D eigenvalue weighted by molar-refractivity contribution is -0.119. The number of ether oxygens (including phenoxy) is 1. The van der Waals surface area contributed by atoms with Crippen LogP contribution >= 0.6 is 0 Å². The molecule has 0 bridgehead atoms. The number of carbonyl (C=O) groups excluding carboxylic acids is 1. The molecule has 0 atom stereocenters. The summed E-state index contributed by atoms with van der Waals surface area (Å²) >= 11 is 0. The fourth-order valence-corrected chi connectivity index (χ4v) is 2.37. The molecule has 1 aliphatic heterocycles. The molecule has 1 aliphatic rings. The molecule has 1 fully saturated rings. The van der Waals surface area contributed by atoms with Crippen molar-refractivity contribution in [3.63, 3.8) is 0 Å². The van der Waals surface area contributed by atoms with Crippen molar-refractivity contribution in [2.24, 2.45) is 0 Å². The fourth-order valence-electron chi connectivity index (χ4n) is 2.37. The highest BCUT2D eigenvalue weighted by atomic mass is 16.5. The number of methoxy groups -OCH3 is 1. The largest absolute Gasteiger partial charge is 0.382 e. The van der Waals surface area contributed by atoms with Gasteiger partial charge >= 0.3 is 0 Å². The fraction of sp³-hybridized carbons (Fsp3) is 0.533. The number of likely N-dealkylation sites (tertiary alicyclic amines) is 1. The third-order valence-corrected chi connectivity index (χ3v) is 3.53. The lowest BCUT2D eigenvalue weighted by atomic mass is 10.1. The molecule has 0 aromatic heterocycles. The van der Waals surface area contributed by atoms with E-state index in [0.29, 0.717) is 6.04 Å². The van der Waals surface area contributed by atoms with E-state index in [9.17, 15) is 4.79 Å². The van der Waals surface area contributed by atoms with E-state index in [-0.39, 0.29) is 12.5 Å². The standard InChI is InChI=1S/C15H23N3O2/c1-18-9-7-14(8-10-18)16-12-3-5-13(6-4-12)17-15(19)11-20-2/h3-6,14,16H,7-11H2,1-2H3,(H,17,19). The van der Waals surface area contributed by atoms with E-state index in [1.807, 2.05) is 24.3 Å². The van der Waals surface area contributed by atoms with Gasteiger partial charge in [0.1, 0.15) is 6.61 Å². The highest BCUT2D eigenvalue weighted by molar-refractivity contribution is 5.91. The van der Waals surface area contributed by atoms with Gasteiger partial charge in [-0.15, -0.1) is 0 Å². The Hall–Kier alpha value is -1.59. The number of hydrogen-bond donors (Lipinski definition) is 2. The summed E-state index contributed by atoms with van der Waals surface area (Å²) in [6.07, 6.45) is 2.34. The third kappa shape index (κ3) is 4.51. The Morgan fingerprint density at radius 3 is 2.45 bits per heavy atom. The zero-order valence-electron chi connectivity index (χ0n) is 12.2. The minimum Gasteiger partial charge on any atom is -0.382 e. The Balaban J connectivity index is 1.83. The maximum absolute atomic E-state index is 11.4. The monoisotopic (exact) mass is 277 g/mol. The first-order chi connectivity index (χ1) is 9.67. The second kappa shape index (κ2) is 7.26. The molecule has 5 heteroatoms. The van der Waals surface area contributed by atoms with E-state index >= 15 is 0 Å². The van der Waals surface area contributed by atoms with Crippen molar-refractivity contribution in [2.45, 2.75) is 18.9 Å². The summed E-state index contributed by atoms with van der Waals surface area (Å²) in [4.78, 5) is 13.7. The van der Waals surface area contributed by atoms with E-state index in [0.717, 1.165) is 24.5 Å². The first kappa shape index (κ1) is 14.8. The number of carbonyl (C=O) groups is 1. The van der Waals surface area contributed by atoms with Gasteiger partial charge in [0.25, 0.3) is 0 Å². The number of benzene rings is 1. The van der Waals surface area contributed by atoms with Gasteiger partial charge < -0.3 is 20.3 Å².